The second-order valence-corrected chi connectivity index (χ2v) is 7.89. The summed E-state index contributed by atoms with van der Waals surface area (Å²) in [5.41, 5.74) is 0. The zero-order valence-corrected chi connectivity index (χ0v) is 12.2. The van der Waals surface area contributed by atoms with Gasteiger partial charge in [0.1, 0.15) is 0 Å². The minimum atomic E-state index is -2.83. The Morgan fingerprint density at radius 1 is 1.18 bits per heavy atom. The predicted molar refractivity (Wildman–Crippen MR) is 73.4 cm³/mol. The second-order valence-electron chi connectivity index (χ2n) is 4.97. The Kier molecular flexibility index (Phi) is 6.82. The Bertz CT molecular complexity index is 298. The van der Waals surface area contributed by atoms with Crippen molar-refractivity contribution in [1.29, 1.82) is 0 Å². The topological polar surface area (TPSA) is 46.2 Å². The van der Waals surface area contributed by atoms with Crippen LogP contribution in [-0.4, -0.2) is 38.4 Å². The molecule has 1 N–H and O–H groups in total. The molecule has 0 bridgehead atoms. The van der Waals surface area contributed by atoms with E-state index >= 15 is 0 Å². The molecule has 0 aromatic carbocycles. The van der Waals surface area contributed by atoms with E-state index in [0.29, 0.717) is 30.0 Å². The SMILES string of the molecule is CCCS(=O)(=O)CCNCC1CCC(Cl)CC1. The minimum Gasteiger partial charge on any atom is -0.315 e. The van der Waals surface area contributed by atoms with Gasteiger partial charge in [-0.2, -0.15) is 0 Å². The Hall–Kier alpha value is 0.200. The molecule has 0 spiro atoms. The van der Waals surface area contributed by atoms with Crippen LogP contribution in [-0.2, 0) is 9.84 Å². The van der Waals surface area contributed by atoms with Crippen molar-refractivity contribution in [3.8, 4) is 0 Å². The zero-order valence-electron chi connectivity index (χ0n) is 10.6. The summed E-state index contributed by atoms with van der Waals surface area (Å²) in [6, 6.07) is 0. The molecule has 1 aliphatic carbocycles. The molecule has 5 heteroatoms. The Morgan fingerprint density at radius 3 is 2.41 bits per heavy atom. The molecular weight excluding hydrogens is 258 g/mol. The standard InChI is InChI=1S/C12H24ClNO2S/c1-2-8-17(15,16)9-7-14-10-11-3-5-12(13)6-4-11/h11-12,14H,2-10H2,1H3. The molecule has 0 saturated heterocycles. The van der Waals surface area contributed by atoms with Crippen molar-refractivity contribution >= 4 is 21.4 Å². The van der Waals surface area contributed by atoms with Crippen LogP contribution in [0.5, 0.6) is 0 Å². The van der Waals surface area contributed by atoms with Crippen molar-refractivity contribution in [2.75, 3.05) is 24.6 Å². The molecule has 17 heavy (non-hydrogen) atoms. The fraction of sp³-hybridized carbons (Fsp3) is 1.00. The highest BCUT2D eigenvalue weighted by molar-refractivity contribution is 7.91. The first-order valence-electron chi connectivity index (χ1n) is 6.58. The van der Waals surface area contributed by atoms with Gasteiger partial charge in [-0.25, -0.2) is 8.42 Å². The summed E-state index contributed by atoms with van der Waals surface area (Å²) < 4.78 is 22.9. The highest BCUT2D eigenvalue weighted by atomic mass is 35.5. The third-order valence-corrected chi connectivity index (χ3v) is 5.61. The summed E-state index contributed by atoms with van der Waals surface area (Å²) in [6.07, 6.45) is 5.25. The Labute approximate surface area is 110 Å². The molecule has 0 aliphatic heterocycles. The van der Waals surface area contributed by atoms with Crippen LogP contribution in [0.2, 0.25) is 0 Å². The number of sulfone groups is 1. The molecule has 0 aromatic heterocycles. The lowest BCUT2D eigenvalue weighted by Gasteiger charge is -2.25. The monoisotopic (exact) mass is 281 g/mol. The molecule has 0 aromatic rings. The van der Waals surface area contributed by atoms with E-state index in [9.17, 15) is 8.42 Å². The third-order valence-electron chi connectivity index (χ3n) is 3.31. The van der Waals surface area contributed by atoms with Crippen LogP contribution in [0.1, 0.15) is 39.0 Å². The molecule has 0 unspecified atom stereocenters. The van der Waals surface area contributed by atoms with Gasteiger partial charge in [-0.15, -0.1) is 11.6 Å². The zero-order chi connectivity index (χ0) is 12.7. The van der Waals surface area contributed by atoms with Gasteiger partial charge in [-0.3, -0.25) is 0 Å². The van der Waals surface area contributed by atoms with Gasteiger partial charge in [0.15, 0.2) is 9.84 Å². The molecule has 0 heterocycles. The number of hydrogen-bond donors (Lipinski definition) is 1. The second kappa shape index (κ2) is 7.59. The van der Waals surface area contributed by atoms with E-state index in [1.807, 2.05) is 6.92 Å². The van der Waals surface area contributed by atoms with Gasteiger partial charge in [0.2, 0.25) is 0 Å². The van der Waals surface area contributed by atoms with Crippen LogP contribution < -0.4 is 5.32 Å². The van der Waals surface area contributed by atoms with Gasteiger partial charge in [0.05, 0.1) is 5.75 Å². The van der Waals surface area contributed by atoms with Gasteiger partial charge in [-0.1, -0.05) is 6.92 Å². The van der Waals surface area contributed by atoms with Gasteiger partial charge in [-0.05, 0) is 44.6 Å². The van der Waals surface area contributed by atoms with Crippen LogP contribution >= 0.6 is 11.6 Å². The largest absolute Gasteiger partial charge is 0.315 e. The van der Waals surface area contributed by atoms with Crippen molar-refractivity contribution in [3.63, 3.8) is 0 Å². The van der Waals surface area contributed by atoms with E-state index in [4.69, 9.17) is 11.6 Å². The minimum absolute atomic E-state index is 0.270. The predicted octanol–water partition coefficient (Wildman–Crippen LogP) is 2.20. The highest BCUT2D eigenvalue weighted by Gasteiger charge is 2.19. The van der Waals surface area contributed by atoms with Gasteiger partial charge in [0, 0.05) is 17.7 Å². The smallest absolute Gasteiger partial charge is 0.151 e. The van der Waals surface area contributed by atoms with Gasteiger partial charge in [0.25, 0.3) is 0 Å². The fourth-order valence-corrected chi connectivity index (χ4v) is 3.81. The first-order chi connectivity index (χ1) is 8.03. The summed E-state index contributed by atoms with van der Waals surface area (Å²) in [4.78, 5) is 0. The Morgan fingerprint density at radius 2 is 1.82 bits per heavy atom. The van der Waals surface area contributed by atoms with Crippen LogP contribution in [0, 0.1) is 5.92 Å². The number of nitrogens with one attached hydrogen (secondary N) is 1. The molecule has 3 nitrogen and oxygen atoms in total. The number of halogens is 1. The summed E-state index contributed by atoms with van der Waals surface area (Å²) >= 11 is 6.04. The maximum absolute atomic E-state index is 11.5. The van der Waals surface area contributed by atoms with E-state index in [-0.39, 0.29) is 5.75 Å². The molecule has 1 saturated carbocycles. The summed E-state index contributed by atoms with van der Waals surface area (Å²) in [5.74, 6) is 1.26. The number of rotatable bonds is 7. The first-order valence-corrected chi connectivity index (χ1v) is 8.84. The summed E-state index contributed by atoms with van der Waals surface area (Å²) in [5, 5.41) is 3.62. The number of hydrogen-bond acceptors (Lipinski definition) is 3. The Balaban J connectivity index is 2.08. The molecular formula is C12H24ClNO2S. The van der Waals surface area contributed by atoms with Gasteiger partial charge >= 0.3 is 0 Å². The average molecular weight is 282 g/mol. The third kappa shape index (κ3) is 6.63. The van der Waals surface area contributed by atoms with E-state index in [0.717, 1.165) is 19.4 Å². The molecule has 0 amide bonds. The maximum atomic E-state index is 11.5. The summed E-state index contributed by atoms with van der Waals surface area (Å²) in [7, 11) is -2.83. The molecule has 0 radical (unpaired) electrons. The van der Waals surface area contributed by atoms with E-state index in [2.05, 4.69) is 5.32 Å². The van der Waals surface area contributed by atoms with E-state index in [1.54, 1.807) is 0 Å². The summed E-state index contributed by atoms with van der Waals surface area (Å²) in [6.45, 7) is 3.42. The lowest BCUT2D eigenvalue weighted by Crippen LogP contribution is -2.30. The fourth-order valence-electron chi connectivity index (χ4n) is 2.27. The van der Waals surface area contributed by atoms with Crippen LogP contribution in [0.15, 0.2) is 0 Å². The number of alkyl halides is 1. The quantitative estimate of drug-likeness (QED) is 0.575. The maximum Gasteiger partial charge on any atom is 0.151 e. The van der Waals surface area contributed by atoms with E-state index < -0.39 is 9.84 Å². The van der Waals surface area contributed by atoms with Crippen LogP contribution in [0.4, 0.5) is 0 Å². The molecule has 1 aliphatic rings. The van der Waals surface area contributed by atoms with Crippen molar-refractivity contribution in [2.45, 2.75) is 44.4 Å². The highest BCUT2D eigenvalue weighted by Crippen LogP contribution is 2.26. The van der Waals surface area contributed by atoms with Crippen molar-refractivity contribution < 1.29 is 8.42 Å². The van der Waals surface area contributed by atoms with Crippen LogP contribution in [0.3, 0.4) is 0 Å². The first kappa shape index (κ1) is 15.3. The molecule has 1 fully saturated rings. The molecule has 1 rings (SSSR count). The van der Waals surface area contributed by atoms with Gasteiger partial charge < -0.3 is 5.32 Å². The molecule has 0 atom stereocenters. The van der Waals surface area contributed by atoms with Crippen molar-refractivity contribution in [1.82, 2.24) is 5.32 Å². The average Bonchev–Trinajstić information content (AvgIpc) is 2.27. The normalized spacial score (nSPS) is 26.0. The van der Waals surface area contributed by atoms with Crippen LogP contribution in [0.25, 0.3) is 0 Å². The lowest BCUT2D eigenvalue weighted by atomic mass is 9.89. The molecule has 102 valence electrons. The van der Waals surface area contributed by atoms with Crippen molar-refractivity contribution in [2.24, 2.45) is 5.92 Å². The lowest BCUT2D eigenvalue weighted by molar-refractivity contribution is 0.348. The van der Waals surface area contributed by atoms with E-state index in [1.165, 1.54) is 12.8 Å². The van der Waals surface area contributed by atoms with Crippen molar-refractivity contribution in [3.05, 3.63) is 0 Å².